The summed E-state index contributed by atoms with van der Waals surface area (Å²) in [7, 11) is 0. The quantitative estimate of drug-likeness (QED) is 0.116. The van der Waals surface area contributed by atoms with Gasteiger partial charge in [0, 0.05) is 23.1 Å². The van der Waals surface area contributed by atoms with Crippen molar-refractivity contribution in [3.05, 3.63) is 90.5 Å². The van der Waals surface area contributed by atoms with Gasteiger partial charge in [-0.2, -0.15) is 0 Å². The highest BCUT2D eigenvalue weighted by Crippen LogP contribution is 2.26. The molecule has 0 aliphatic carbocycles. The molecule has 2 N–H and O–H groups in total. The third-order valence-corrected chi connectivity index (χ3v) is 7.63. The molecule has 5 heteroatoms. The van der Waals surface area contributed by atoms with E-state index in [0.29, 0.717) is 25.0 Å². The van der Waals surface area contributed by atoms with Crippen LogP contribution < -0.4 is 5.32 Å². The number of unbranched alkanes of at least 4 members (excludes halogenated alkanes) is 4. The number of hydrogen-bond acceptors (Lipinski definition) is 3. The van der Waals surface area contributed by atoms with Crippen LogP contribution >= 0.6 is 11.8 Å². The van der Waals surface area contributed by atoms with Gasteiger partial charge < -0.3 is 10.4 Å². The summed E-state index contributed by atoms with van der Waals surface area (Å²) < 4.78 is 0. The topological polar surface area (TPSA) is 66.4 Å². The largest absolute Gasteiger partial charge is 0.481 e. The van der Waals surface area contributed by atoms with Crippen molar-refractivity contribution in [3.63, 3.8) is 0 Å². The molecule has 0 aromatic heterocycles. The lowest BCUT2D eigenvalue weighted by molar-refractivity contribution is -0.142. The number of allylic oxidation sites excluding steroid dienone is 1. The molecule has 3 aromatic rings. The van der Waals surface area contributed by atoms with E-state index in [1.807, 2.05) is 48.5 Å². The van der Waals surface area contributed by atoms with Crippen molar-refractivity contribution < 1.29 is 14.7 Å². The highest BCUT2D eigenvalue weighted by atomic mass is 32.2. The fraction of sp³-hybridized carbons (Fsp3) is 0.375. The summed E-state index contributed by atoms with van der Waals surface area (Å²) in [5, 5.41) is 15.4. The Morgan fingerprint density at radius 1 is 0.919 bits per heavy atom. The van der Waals surface area contributed by atoms with Crippen LogP contribution in [-0.2, 0) is 16.0 Å². The number of benzene rings is 3. The molecule has 0 fully saturated rings. The number of carboxylic acids is 1. The average Bonchev–Trinajstić information content (AvgIpc) is 2.91. The molecule has 3 aromatic carbocycles. The van der Waals surface area contributed by atoms with Crippen LogP contribution in [0.3, 0.4) is 0 Å². The minimum atomic E-state index is -0.828. The fourth-order valence-corrected chi connectivity index (χ4v) is 5.41. The SMILES string of the molecule is CCCCCC/C=C/CC(=O)N[C@H](CSc1ccc2ccccc2c1)CC(Cc1ccccc1)C(=O)O. The Morgan fingerprint density at radius 3 is 2.43 bits per heavy atom. The Balaban J connectivity index is 1.63. The first-order chi connectivity index (χ1) is 18.0. The van der Waals surface area contributed by atoms with Gasteiger partial charge >= 0.3 is 5.97 Å². The minimum Gasteiger partial charge on any atom is -0.481 e. The summed E-state index contributed by atoms with van der Waals surface area (Å²) in [4.78, 5) is 26.0. The van der Waals surface area contributed by atoms with Crippen LogP contribution in [0.4, 0.5) is 0 Å². The van der Waals surface area contributed by atoms with Gasteiger partial charge in [-0.3, -0.25) is 9.59 Å². The second-order valence-corrected chi connectivity index (χ2v) is 10.7. The summed E-state index contributed by atoms with van der Waals surface area (Å²) in [5.74, 6) is -0.841. The van der Waals surface area contributed by atoms with Gasteiger partial charge in [-0.25, -0.2) is 0 Å². The smallest absolute Gasteiger partial charge is 0.306 e. The molecule has 196 valence electrons. The zero-order valence-corrected chi connectivity index (χ0v) is 22.6. The molecule has 0 spiro atoms. The third-order valence-electron chi connectivity index (χ3n) is 6.47. The number of amides is 1. The molecule has 0 saturated carbocycles. The molecule has 0 bridgehead atoms. The lowest BCUT2D eigenvalue weighted by atomic mass is 9.93. The molecule has 1 amide bonds. The highest BCUT2D eigenvalue weighted by molar-refractivity contribution is 7.99. The van der Waals surface area contributed by atoms with Crippen LogP contribution in [0.2, 0.25) is 0 Å². The summed E-state index contributed by atoms with van der Waals surface area (Å²) in [6, 6.07) is 24.0. The zero-order valence-electron chi connectivity index (χ0n) is 21.8. The lowest BCUT2D eigenvalue weighted by Crippen LogP contribution is -2.39. The molecule has 0 aliphatic heterocycles. The van der Waals surface area contributed by atoms with E-state index in [9.17, 15) is 14.7 Å². The Morgan fingerprint density at radius 2 is 1.68 bits per heavy atom. The van der Waals surface area contributed by atoms with Crippen molar-refractivity contribution >= 4 is 34.4 Å². The van der Waals surface area contributed by atoms with Gasteiger partial charge in [0.05, 0.1) is 5.92 Å². The van der Waals surface area contributed by atoms with E-state index in [-0.39, 0.29) is 11.9 Å². The summed E-state index contributed by atoms with van der Waals surface area (Å²) in [6.07, 6.45) is 11.0. The number of thioether (sulfide) groups is 1. The second-order valence-electron chi connectivity index (χ2n) is 9.57. The van der Waals surface area contributed by atoms with Gasteiger partial charge in [0.2, 0.25) is 5.91 Å². The summed E-state index contributed by atoms with van der Waals surface area (Å²) >= 11 is 1.66. The molecule has 1 unspecified atom stereocenters. The van der Waals surface area contributed by atoms with E-state index in [2.05, 4.69) is 48.6 Å². The number of nitrogens with one attached hydrogen (secondary N) is 1. The monoisotopic (exact) mass is 517 g/mol. The minimum absolute atomic E-state index is 0.0576. The zero-order chi connectivity index (χ0) is 26.3. The Bertz CT molecular complexity index is 1140. The number of hydrogen-bond donors (Lipinski definition) is 2. The van der Waals surface area contributed by atoms with E-state index in [0.717, 1.165) is 23.3 Å². The Hall–Kier alpha value is -3.05. The Kier molecular flexibility index (Phi) is 12.3. The van der Waals surface area contributed by atoms with Crippen LogP contribution in [0.1, 0.15) is 57.4 Å². The number of aliphatic carboxylic acids is 1. The van der Waals surface area contributed by atoms with Gasteiger partial charge in [0.1, 0.15) is 0 Å². The molecular weight excluding hydrogens is 478 g/mol. The number of carbonyl (C=O) groups excluding carboxylic acids is 1. The van der Waals surface area contributed by atoms with Crippen LogP contribution in [-0.4, -0.2) is 28.8 Å². The molecule has 37 heavy (non-hydrogen) atoms. The molecule has 0 heterocycles. The van der Waals surface area contributed by atoms with Gasteiger partial charge in [0.25, 0.3) is 0 Å². The van der Waals surface area contributed by atoms with Crippen molar-refractivity contribution in [2.24, 2.45) is 5.92 Å². The summed E-state index contributed by atoms with van der Waals surface area (Å²) in [5.41, 5.74) is 0.994. The van der Waals surface area contributed by atoms with Crippen LogP contribution in [0.5, 0.6) is 0 Å². The van der Waals surface area contributed by atoms with Gasteiger partial charge in [-0.1, -0.05) is 99.0 Å². The normalized spacial score (nSPS) is 13.0. The molecule has 0 saturated heterocycles. The molecule has 0 aliphatic rings. The molecular formula is C32H39NO3S. The van der Waals surface area contributed by atoms with Crippen molar-refractivity contribution in [2.75, 3.05) is 5.75 Å². The van der Waals surface area contributed by atoms with Crippen LogP contribution in [0.15, 0.2) is 89.8 Å². The fourth-order valence-electron chi connectivity index (χ4n) is 4.42. The first kappa shape index (κ1) is 28.5. The summed E-state index contributed by atoms with van der Waals surface area (Å²) in [6.45, 7) is 2.20. The second kappa shape index (κ2) is 15.9. The first-order valence-corrected chi connectivity index (χ1v) is 14.4. The molecule has 4 nitrogen and oxygen atoms in total. The molecule has 3 rings (SSSR count). The average molecular weight is 518 g/mol. The predicted molar refractivity (Wildman–Crippen MR) is 155 cm³/mol. The predicted octanol–water partition coefficient (Wildman–Crippen LogP) is 7.67. The maximum atomic E-state index is 12.8. The van der Waals surface area contributed by atoms with Crippen molar-refractivity contribution in [2.45, 2.75) is 69.2 Å². The van der Waals surface area contributed by atoms with E-state index >= 15 is 0 Å². The molecule has 0 radical (unpaired) electrons. The molecule has 2 atom stereocenters. The maximum Gasteiger partial charge on any atom is 0.306 e. The number of carbonyl (C=O) groups is 2. The van der Waals surface area contributed by atoms with Crippen molar-refractivity contribution in [1.82, 2.24) is 5.32 Å². The van der Waals surface area contributed by atoms with E-state index < -0.39 is 11.9 Å². The lowest BCUT2D eigenvalue weighted by Gasteiger charge is -2.22. The van der Waals surface area contributed by atoms with Gasteiger partial charge in [-0.15, -0.1) is 11.8 Å². The highest BCUT2D eigenvalue weighted by Gasteiger charge is 2.24. The van der Waals surface area contributed by atoms with Crippen LogP contribution in [0, 0.1) is 5.92 Å². The van der Waals surface area contributed by atoms with E-state index in [1.165, 1.54) is 30.0 Å². The third kappa shape index (κ3) is 10.5. The van der Waals surface area contributed by atoms with E-state index in [1.54, 1.807) is 11.8 Å². The number of carboxylic acid groups (broad SMARTS) is 1. The number of rotatable bonds is 16. The maximum absolute atomic E-state index is 12.8. The number of fused-ring (bicyclic) bond motifs is 1. The standard InChI is InChI=1S/C32H39NO3S/c1-2-3-4-5-6-7-11-18-31(34)33-29(22-28(32(35)36)21-25-14-9-8-10-15-25)24-37-30-20-19-26-16-12-13-17-27(26)23-30/h7-17,19-20,23,28-29H,2-6,18,21-22,24H2,1H3,(H,33,34)(H,35,36)/b11-7+/t28?,29-/m0/s1. The van der Waals surface area contributed by atoms with Crippen molar-refractivity contribution in [3.8, 4) is 0 Å². The first-order valence-electron chi connectivity index (χ1n) is 13.4. The van der Waals surface area contributed by atoms with Crippen LogP contribution in [0.25, 0.3) is 10.8 Å². The van der Waals surface area contributed by atoms with Gasteiger partial charge in [-0.05, 0) is 54.2 Å². The van der Waals surface area contributed by atoms with Gasteiger partial charge in [0.15, 0.2) is 0 Å². The van der Waals surface area contributed by atoms with Crippen molar-refractivity contribution in [1.29, 1.82) is 0 Å². The van der Waals surface area contributed by atoms with E-state index in [4.69, 9.17) is 0 Å². The Labute approximate surface area is 225 Å².